The first kappa shape index (κ1) is 14.2. The Morgan fingerprint density at radius 2 is 2.18 bits per heavy atom. The molecule has 0 saturated carbocycles. The molecule has 2 heterocycles. The van der Waals surface area contributed by atoms with Crippen LogP contribution in [0.5, 0.6) is 17.4 Å². The van der Waals surface area contributed by atoms with Crippen LogP contribution in [0.25, 0.3) is 0 Å². The summed E-state index contributed by atoms with van der Waals surface area (Å²) in [5.74, 6) is 1.62. The molecule has 6 heteroatoms. The Morgan fingerprint density at radius 3 is 3.05 bits per heavy atom. The molecule has 1 aromatic carbocycles. The Kier molecular flexibility index (Phi) is 4.09. The van der Waals surface area contributed by atoms with Crippen molar-refractivity contribution in [3.8, 4) is 17.4 Å². The molecule has 1 N–H and O–H groups in total. The van der Waals surface area contributed by atoms with Gasteiger partial charge in [0.25, 0.3) is 5.91 Å². The van der Waals surface area contributed by atoms with Crippen molar-refractivity contribution in [1.82, 2.24) is 10.3 Å². The van der Waals surface area contributed by atoms with Gasteiger partial charge < -0.3 is 19.5 Å². The molecule has 3 rings (SSSR count). The molecule has 114 valence electrons. The lowest BCUT2D eigenvalue weighted by molar-refractivity contribution is 0.0950. The molecule has 0 fully saturated rings. The maximum atomic E-state index is 12.1. The molecule has 0 aliphatic carbocycles. The van der Waals surface area contributed by atoms with Crippen LogP contribution in [-0.2, 0) is 6.42 Å². The molecule has 2 aromatic rings. The third kappa shape index (κ3) is 2.95. The van der Waals surface area contributed by atoms with E-state index in [1.54, 1.807) is 18.3 Å². The Balaban J connectivity index is 1.58. The van der Waals surface area contributed by atoms with Crippen LogP contribution >= 0.6 is 0 Å². The monoisotopic (exact) mass is 300 g/mol. The quantitative estimate of drug-likeness (QED) is 0.911. The van der Waals surface area contributed by atoms with E-state index in [0.717, 1.165) is 17.1 Å². The van der Waals surface area contributed by atoms with E-state index < -0.39 is 0 Å². The number of nitrogens with one attached hydrogen (secondary N) is 1. The second-order valence-corrected chi connectivity index (χ2v) is 4.75. The van der Waals surface area contributed by atoms with Gasteiger partial charge in [0.15, 0.2) is 11.5 Å². The van der Waals surface area contributed by atoms with Crippen molar-refractivity contribution in [3.63, 3.8) is 0 Å². The summed E-state index contributed by atoms with van der Waals surface area (Å²) in [5, 5.41) is 2.86. The number of pyridine rings is 1. The van der Waals surface area contributed by atoms with Crippen molar-refractivity contribution in [1.29, 1.82) is 0 Å². The average molecular weight is 300 g/mol. The molecule has 0 bridgehead atoms. The molecular weight excluding hydrogens is 284 g/mol. The molecular formula is C16H16N2O4. The van der Waals surface area contributed by atoms with Crippen molar-refractivity contribution < 1.29 is 19.0 Å². The largest absolute Gasteiger partial charge is 0.480 e. The molecule has 22 heavy (non-hydrogen) atoms. The van der Waals surface area contributed by atoms with Gasteiger partial charge in [0.05, 0.1) is 7.11 Å². The number of carbonyl (C=O) groups excluding carboxylic acids is 1. The van der Waals surface area contributed by atoms with Crippen LogP contribution in [0.1, 0.15) is 15.9 Å². The van der Waals surface area contributed by atoms with Gasteiger partial charge in [-0.2, -0.15) is 0 Å². The van der Waals surface area contributed by atoms with E-state index in [1.165, 1.54) is 7.11 Å². The van der Waals surface area contributed by atoms with E-state index in [1.807, 2.05) is 18.2 Å². The summed E-state index contributed by atoms with van der Waals surface area (Å²) in [6.45, 7) is 0.771. The lowest BCUT2D eigenvalue weighted by Gasteiger charge is -2.08. The van der Waals surface area contributed by atoms with Crippen molar-refractivity contribution in [3.05, 3.63) is 47.7 Å². The van der Waals surface area contributed by atoms with E-state index in [2.05, 4.69) is 10.3 Å². The number of hydrogen-bond donors (Lipinski definition) is 1. The van der Waals surface area contributed by atoms with E-state index in [9.17, 15) is 4.79 Å². The number of methoxy groups -OCH3 is 1. The van der Waals surface area contributed by atoms with E-state index in [4.69, 9.17) is 14.2 Å². The van der Waals surface area contributed by atoms with Crippen LogP contribution in [0, 0.1) is 0 Å². The standard InChI is InChI=1S/C16H16N2O4/c1-20-16-12(3-2-7-18-16)15(19)17-8-6-11-4-5-13-14(9-11)22-10-21-13/h2-5,7,9H,6,8,10H2,1H3,(H,17,19). The third-order valence-electron chi connectivity index (χ3n) is 3.35. The summed E-state index contributed by atoms with van der Waals surface area (Å²) in [6, 6.07) is 9.16. The molecule has 1 amide bonds. The highest BCUT2D eigenvalue weighted by atomic mass is 16.7. The van der Waals surface area contributed by atoms with Gasteiger partial charge in [-0.05, 0) is 36.2 Å². The Hall–Kier alpha value is -2.76. The van der Waals surface area contributed by atoms with E-state index in [0.29, 0.717) is 24.4 Å². The lowest BCUT2D eigenvalue weighted by Crippen LogP contribution is -2.26. The Labute approximate surface area is 128 Å². The fraction of sp³-hybridized carbons (Fsp3) is 0.250. The number of fused-ring (bicyclic) bond motifs is 1. The SMILES string of the molecule is COc1ncccc1C(=O)NCCc1ccc2c(c1)OCO2. The summed E-state index contributed by atoms with van der Waals surface area (Å²) in [7, 11) is 1.49. The van der Waals surface area contributed by atoms with Crippen LogP contribution in [0.15, 0.2) is 36.5 Å². The van der Waals surface area contributed by atoms with Gasteiger partial charge in [-0.15, -0.1) is 0 Å². The second kappa shape index (κ2) is 6.34. The topological polar surface area (TPSA) is 69.7 Å². The number of amides is 1. The van der Waals surface area contributed by atoms with Crippen LogP contribution in [0.3, 0.4) is 0 Å². The van der Waals surface area contributed by atoms with Gasteiger partial charge in [-0.25, -0.2) is 4.98 Å². The summed E-state index contributed by atoms with van der Waals surface area (Å²) in [4.78, 5) is 16.1. The van der Waals surface area contributed by atoms with Gasteiger partial charge in [-0.1, -0.05) is 6.07 Å². The summed E-state index contributed by atoms with van der Waals surface area (Å²) < 4.78 is 15.7. The van der Waals surface area contributed by atoms with Gasteiger partial charge >= 0.3 is 0 Å². The number of benzene rings is 1. The fourth-order valence-corrected chi connectivity index (χ4v) is 2.24. The van der Waals surface area contributed by atoms with E-state index >= 15 is 0 Å². The highest BCUT2D eigenvalue weighted by Crippen LogP contribution is 2.32. The minimum atomic E-state index is -0.203. The van der Waals surface area contributed by atoms with Crippen molar-refractivity contribution in [2.45, 2.75) is 6.42 Å². The van der Waals surface area contributed by atoms with Crippen molar-refractivity contribution in [2.75, 3.05) is 20.4 Å². The number of nitrogens with zero attached hydrogens (tertiary/aromatic N) is 1. The average Bonchev–Trinajstić information content (AvgIpc) is 3.02. The minimum Gasteiger partial charge on any atom is -0.480 e. The van der Waals surface area contributed by atoms with Crippen LogP contribution in [0.4, 0.5) is 0 Å². The first-order valence-electron chi connectivity index (χ1n) is 6.93. The maximum Gasteiger partial charge on any atom is 0.256 e. The second-order valence-electron chi connectivity index (χ2n) is 4.75. The molecule has 1 aliphatic heterocycles. The van der Waals surface area contributed by atoms with Crippen LogP contribution < -0.4 is 19.5 Å². The Morgan fingerprint density at radius 1 is 1.32 bits per heavy atom. The maximum absolute atomic E-state index is 12.1. The van der Waals surface area contributed by atoms with Crippen molar-refractivity contribution >= 4 is 5.91 Å². The molecule has 0 atom stereocenters. The number of rotatable bonds is 5. The van der Waals surface area contributed by atoms with Crippen molar-refractivity contribution in [2.24, 2.45) is 0 Å². The highest BCUT2D eigenvalue weighted by Gasteiger charge is 2.14. The predicted molar refractivity (Wildman–Crippen MR) is 79.4 cm³/mol. The van der Waals surface area contributed by atoms with Gasteiger partial charge in [0, 0.05) is 12.7 Å². The zero-order chi connectivity index (χ0) is 15.4. The van der Waals surface area contributed by atoms with Gasteiger partial charge in [0.2, 0.25) is 12.7 Å². The predicted octanol–water partition coefficient (Wildman–Crippen LogP) is 1.79. The highest BCUT2D eigenvalue weighted by molar-refractivity contribution is 5.96. The summed E-state index contributed by atoms with van der Waals surface area (Å²) in [6.07, 6.45) is 2.28. The van der Waals surface area contributed by atoms with Gasteiger partial charge in [0.1, 0.15) is 5.56 Å². The minimum absolute atomic E-state index is 0.203. The lowest BCUT2D eigenvalue weighted by atomic mass is 10.1. The number of ether oxygens (including phenoxy) is 3. The number of aromatic nitrogens is 1. The molecule has 0 unspecified atom stereocenters. The summed E-state index contributed by atoms with van der Waals surface area (Å²) >= 11 is 0. The van der Waals surface area contributed by atoms with Crippen LogP contribution in [-0.4, -0.2) is 31.3 Å². The summed E-state index contributed by atoms with van der Waals surface area (Å²) in [5.41, 5.74) is 1.50. The zero-order valence-corrected chi connectivity index (χ0v) is 12.2. The smallest absolute Gasteiger partial charge is 0.256 e. The number of carbonyl (C=O) groups is 1. The molecule has 0 saturated heterocycles. The molecule has 1 aromatic heterocycles. The van der Waals surface area contributed by atoms with E-state index in [-0.39, 0.29) is 12.7 Å². The van der Waals surface area contributed by atoms with Crippen LogP contribution in [0.2, 0.25) is 0 Å². The van der Waals surface area contributed by atoms with Gasteiger partial charge in [-0.3, -0.25) is 4.79 Å². The normalized spacial score (nSPS) is 12.0. The molecule has 0 spiro atoms. The molecule has 6 nitrogen and oxygen atoms in total. The zero-order valence-electron chi connectivity index (χ0n) is 12.2. The Bertz CT molecular complexity index is 688. The molecule has 1 aliphatic rings. The first-order valence-corrected chi connectivity index (χ1v) is 6.93. The molecule has 0 radical (unpaired) electrons. The third-order valence-corrected chi connectivity index (χ3v) is 3.35. The fourth-order valence-electron chi connectivity index (χ4n) is 2.24. The first-order chi connectivity index (χ1) is 10.8. The number of hydrogen-bond acceptors (Lipinski definition) is 5.